The summed E-state index contributed by atoms with van der Waals surface area (Å²) in [6.45, 7) is 6.63. The van der Waals surface area contributed by atoms with E-state index in [1.807, 2.05) is 38.1 Å². The number of nitrogens with one attached hydrogen (secondary N) is 1. The molecule has 1 unspecified atom stereocenters. The van der Waals surface area contributed by atoms with Crippen LogP contribution in [0.2, 0.25) is 0 Å². The van der Waals surface area contributed by atoms with E-state index in [4.69, 9.17) is 0 Å². The number of amides is 2. The second-order valence-corrected chi connectivity index (χ2v) is 5.88. The number of nitrogens with zero attached hydrogens (tertiary/aromatic N) is 1. The molecule has 0 radical (unpaired) electrons. The molecule has 1 aromatic rings. The fourth-order valence-electron chi connectivity index (χ4n) is 2.05. The number of hydrogen-bond donors (Lipinski definition) is 1. The first-order chi connectivity index (χ1) is 9.99. The maximum absolute atomic E-state index is 12.3. The molecule has 0 saturated heterocycles. The van der Waals surface area contributed by atoms with Crippen LogP contribution in [0.4, 0.5) is 0 Å². The zero-order valence-electron chi connectivity index (χ0n) is 12.9. The average Bonchev–Trinajstić information content (AvgIpc) is 2.46. The Bertz CT molecular complexity index is 474. The third-order valence-corrected chi connectivity index (χ3v) is 3.78. The van der Waals surface area contributed by atoms with Crippen molar-refractivity contribution in [3.05, 3.63) is 34.3 Å². The molecule has 0 spiro atoms. The van der Waals surface area contributed by atoms with Crippen LogP contribution in [-0.4, -0.2) is 29.3 Å². The van der Waals surface area contributed by atoms with Gasteiger partial charge in [-0.25, -0.2) is 0 Å². The Labute approximate surface area is 135 Å². The molecule has 2 amide bonds. The van der Waals surface area contributed by atoms with E-state index in [1.165, 1.54) is 0 Å². The highest BCUT2D eigenvalue weighted by molar-refractivity contribution is 9.10. The molecule has 5 heteroatoms. The Kier molecular flexibility index (Phi) is 7.43. The molecule has 0 aromatic heterocycles. The summed E-state index contributed by atoms with van der Waals surface area (Å²) in [5.41, 5.74) is 1.01. The molecule has 116 valence electrons. The molecule has 21 heavy (non-hydrogen) atoms. The number of carbonyl (C=O) groups excluding carboxylic acids is 2. The molecule has 0 bridgehead atoms. The van der Waals surface area contributed by atoms with Crippen molar-refractivity contribution >= 4 is 27.7 Å². The van der Waals surface area contributed by atoms with Crippen LogP contribution >= 0.6 is 15.9 Å². The predicted molar refractivity (Wildman–Crippen MR) is 87.7 cm³/mol. The van der Waals surface area contributed by atoms with Gasteiger partial charge < -0.3 is 10.2 Å². The quantitative estimate of drug-likeness (QED) is 0.817. The van der Waals surface area contributed by atoms with E-state index in [2.05, 4.69) is 21.2 Å². The van der Waals surface area contributed by atoms with Crippen molar-refractivity contribution in [1.29, 1.82) is 0 Å². The summed E-state index contributed by atoms with van der Waals surface area (Å²) in [5, 5.41) is 2.78. The molecule has 0 aliphatic heterocycles. The lowest BCUT2D eigenvalue weighted by atomic mass is 10.1. The molecule has 0 fully saturated rings. The number of carbonyl (C=O) groups is 2. The third kappa shape index (κ3) is 5.50. The van der Waals surface area contributed by atoms with Gasteiger partial charge in [-0.3, -0.25) is 9.59 Å². The number of benzene rings is 1. The van der Waals surface area contributed by atoms with Crippen LogP contribution in [0, 0.1) is 0 Å². The Morgan fingerprint density at radius 1 is 1.24 bits per heavy atom. The van der Waals surface area contributed by atoms with E-state index in [9.17, 15) is 9.59 Å². The summed E-state index contributed by atoms with van der Waals surface area (Å²) in [6.07, 6.45) is 1.23. The van der Waals surface area contributed by atoms with E-state index in [0.29, 0.717) is 19.5 Å². The van der Waals surface area contributed by atoms with E-state index >= 15 is 0 Å². The van der Waals surface area contributed by atoms with E-state index < -0.39 is 6.04 Å². The first kappa shape index (κ1) is 17.7. The summed E-state index contributed by atoms with van der Waals surface area (Å²) >= 11 is 3.39. The molecule has 1 N–H and O–H groups in total. The minimum absolute atomic E-state index is 0.0131. The molecule has 0 saturated carbocycles. The van der Waals surface area contributed by atoms with Crippen LogP contribution in [0.3, 0.4) is 0 Å². The van der Waals surface area contributed by atoms with Crippen molar-refractivity contribution in [2.24, 2.45) is 0 Å². The van der Waals surface area contributed by atoms with E-state index in [1.54, 1.807) is 11.8 Å². The van der Waals surface area contributed by atoms with Crippen molar-refractivity contribution < 1.29 is 9.59 Å². The van der Waals surface area contributed by atoms with Gasteiger partial charge in [0.15, 0.2) is 0 Å². The first-order valence-electron chi connectivity index (χ1n) is 7.31. The van der Waals surface area contributed by atoms with Gasteiger partial charge in [0.05, 0.1) is 0 Å². The number of rotatable bonds is 7. The van der Waals surface area contributed by atoms with Crippen LogP contribution in [0.15, 0.2) is 28.7 Å². The number of halogens is 1. The highest BCUT2D eigenvalue weighted by atomic mass is 79.9. The van der Waals surface area contributed by atoms with E-state index in [-0.39, 0.29) is 11.8 Å². The summed E-state index contributed by atoms with van der Waals surface area (Å²) in [4.78, 5) is 26.0. The van der Waals surface area contributed by atoms with Crippen LogP contribution in [0.1, 0.15) is 39.2 Å². The van der Waals surface area contributed by atoms with Gasteiger partial charge in [0.2, 0.25) is 11.8 Å². The largest absolute Gasteiger partial charge is 0.355 e. The van der Waals surface area contributed by atoms with E-state index in [0.717, 1.165) is 16.5 Å². The Balaban J connectivity index is 2.88. The third-order valence-electron chi connectivity index (χ3n) is 3.25. The van der Waals surface area contributed by atoms with Gasteiger partial charge in [-0.2, -0.15) is 0 Å². The lowest BCUT2D eigenvalue weighted by molar-refractivity contribution is -0.140. The molecule has 4 nitrogen and oxygen atoms in total. The molecule has 1 atom stereocenters. The zero-order chi connectivity index (χ0) is 15.8. The maximum atomic E-state index is 12.3. The zero-order valence-corrected chi connectivity index (χ0v) is 14.4. The minimum Gasteiger partial charge on any atom is -0.355 e. The molecule has 0 aliphatic rings. The fourth-order valence-corrected chi connectivity index (χ4v) is 2.31. The average molecular weight is 355 g/mol. The van der Waals surface area contributed by atoms with Gasteiger partial charge >= 0.3 is 0 Å². The Morgan fingerprint density at radius 3 is 2.38 bits per heavy atom. The van der Waals surface area contributed by atoms with Crippen molar-refractivity contribution in [1.82, 2.24) is 10.2 Å². The Hall–Kier alpha value is -1.36. The van der Waals surface area contributed by atoms with Crippen LogP contribution in [-0.2, 0) is 16.1 Å². The first-order valence-corrected chi connectivity index (χ1v) is 8.10. The standard InChI is InChI=1S/C16H23BrN2O2/c1-4-6-15(20)19(12(3)16(21)18-5-2)11-13-7-9-14(17)10-8-13/h7-10,12H,4-6,11H2,1-3H3,(H,18,21). The Morgan fingerprint density at radius 2 is 1.86 bits per heavy atom. The van der Waals surface area contributed by atoms with Crippen molar-refractivity contribution in [2.45, 2.75) is 46.2 Å². The van der Waals surface area contributed by atoms with Gasteiger partial charge in [-0.1, -0.05) is 35.0 Å². The van der Waals surface area contributed by atoms with Gasteiger partial charge in [0.1, 0.15) is 6.04 Å². The SMILES string of the molecule is CCCC(=O)N(Cc1ccc(Br)cc1)C(C)C(=O)NCC. The molecular weight excluding hydrogens is 332 g/mol. The van der Waals surface area contributed by atoms with Crippen molar-refractivity contribution in [3.63, 3.8) is 0 Å². The summed E-state index contributed by atoms with van der Waals surface area (Å²) < 4.78 is 0.995. The van der Waals surface area contributed by atoms with Crippen LogP contribution in [0.25, 0.3) is 0 Å². The second kappa shape index (κ2) is 8.82. The fraction of sp³-hybridized carbons (Fsp3) is 0.500. The normalized spacial score (nSPS) is 11.8. The second-order valence-electron chi connectivity index (χ2n) is 4.97. The number of hydrogen-bond acceptors (Lipinski definition) is 2. The summed E-state index contributed by atoms with van der Waals surface area (Å²) in [7, 11) is 0. The van der Waals surface area contributed by atoms with Crippen LogP contribution in [0.5, 0.6) is 0 Å². The molecule has 0 heterocycles. The van der Waals surface area contributed by atoms with Gasteiger partial charge in [0, 0.05) is 24.0 Å². The summed E-state index contributed by atoms with van der Waals surface area (Å²) in [5.74, 6) is -0.0989. The summed E-state index contributed by atoms with van der Waals surface area (Å²) in [6, 6.07) is 7.33. The smallest absolute Gasteiger partial charge is 0.242 e. The van der Waals surface area contributed by atoms with Gasteiger partial charge in [-0.05, 0) is 38.0 Å². The highest BCUT2D eigenvalue weighted by Gasteiger charge is 2.24. The monoisotopic (exact) mass is 354 g/mol. The molecule has 1 aromatic carbocycles. The molecule has 0 aliphatic carbocycles. The maximum Gasteiger partial charge on any atom is 0.242 e. The van der Waals surface area contributed by atoms with Gasteiger partial charge in [-0.15, -0.1) is 0 Å². The van der Waals surface area contributed by atoms with Crippen molar-refractivity contribution in [3.8, 4) is 0 Å². The lowest BCUT2D eigenvalue weighted by Crippen LogP contribution is -2.47. The number of likely N-dealkylation sites (N-methyl/N-ethyl adjacent to an activating group) is 1. The molecular formula is C16H23BrN2O2. The predicted octanol–water partition coefficient (Wildman–Crippen LogP) is 3.10. The van der Waals surface area contributed by atoms with Crippen molar-refractivity contribution in [2.75, 3.05) is 6.54 Å². The highest BCUT2D eigenvalue weighted by Crippen LogP contribution is 2.15. The minimum atomic E-state index is -0.465. The van der Waals surface area contributed by atoms with Crippen LogP contribution < -0.4 is 5.32 Å². The molecule has 1 rings (SSSR count). The topological polar surface area (TPSA) is 49.4 Å². The van der Waals surface area contributed by atoms with Gasteiger partial charge in [0.25, 0.3) is 0 Å². The lowest BCUT2D eigenvalue weighted by Gasteiger charge is -2.28.